The van der Waals surface area contributed by atoms with Gasteiger partial charge >= 0.3 is 0 Å². The monoisotopic (exact) mass is 436 g/mol. The molecule has 1 saturated heterocycles. The number of amides is 1. The van der Waals surface area contributed by atoms with E-state index in [4.69, 9.17) is 11.5 Å². The molecule has 1 aromatic heterocycles. The van der Waals surface area contributed by atoms with E-state index in [-0.39, 0.29) is 18.2 Å². The summed E-state index contributed by atoms with van der Waals surface area (Å²) < 4.78 is 0. The minimum atomic E-state index is -0.749. The highest BCUT2D eigenvalue weighted by molar-refractivity contribution is 8.00. The highest BCUT2D eigenvalue weighted by atomic mass is 32.2. The van der Waals surface area contributed by atoms with E-state index >= 15 is 0 Å². The second-order valence-corrected chi connectivity index (χ2v) is 8.42. The Morgan fingerprint density at radius 3 is 2.55 bits per heavy atom. The molecule has 0 saturated carbocycles. The van der Waals surface area contributed by atoms with Crippen LogP contribution in [0, 0.1) is 22.7 Å². The number of piperidine rings is 1. The highest BCUT2D eigenvalue weighted by Crippen LogP contribution is 2.39. The number of nitriles is 2. The fraction of sp³-hybridized carbons (Fsp3) is 0.364. The van der Waals surface area contributed by atoms with Gasteiger partial charge in [-0.15, -0.1) is 0 Å². The van der Waals surface area contributed by atoms with Crippen LogP contribution in [0.25, 0.3) is 0 Å². The van der Waals surface area contributed by atoms with Crippen LogP contribution in [0.2, 0.25) is 0 Å². The Labute approximate surface area is 185 Å². The summed E-state index contributed by atoms with van der Waals surface area (Å²) in [4.78, 5) is 18.7. The Balaban J connectivity index is 2.12. The first kappa shape index (κ1) is 22.6. The summed E-state index contributed by atoms with van der Waals surface area (Å²) in [5.41, 5.74) is 13.4. The van der Waals surface area contributed by atoms with Crippen LogP contribution in [0.3, 0.4) is 0 Å². The molecule has 0 bridgehead atoms. The molecule has 31 heavy (non-hydrogen) atoms. The number of nitrogens with zero attached hydrogens (tertiary/aromatic N) is 4. The number of thioether (sulfide) groups is 1. The molecule has 1 aliphatic rings. The van der Waals surface area contributed by atoms with Gasteiger partial charge in [-0.3, -0.25) is 4.79 Å². The van der Waals surface area contributed by atoms with Crippen molar-refractivity contribution in [3.63, 3.8) is 0 Å². The van der Waals surface area contributed by atoms with Crippen molar-refractivity contribution in [1.29, 1.82) is 10.5 Å². The molecule has 3 atom stereocenters. The Kier molecular flexibility index (Phi) is 7.13. The molecule has 160 valence electrons. The third-order valence-corrected chi connectivity index (χ3v) is 6.61. The number of carbonyl (C=O) groups excluding carboxylic acids is 1. The Bertz CT molecular complexity index is 1050. The number of aliphatic hydroxyl groups excluding tert-OH is 1. The predicted octanol–water partition coefficient (Wildman–Crippen LogP) is 1.60. The molecule has 3 rings (SSSR count). The van der Waals surface area contributed by atoms with Crippen molar-refractivity contribution in [3.8, 4) is 12.1 Å². The van der Waals surface area contributed by atoms with Gasteiger partial charge in [-0.2, -0.15) is 10.5 Å². The lowest BCUT2D eigenvalue weighted by Crippen LogP contribution is -2.51. The standard InChI is InChI=1S/C22H24N6O2S/c1-2-14-15(10-23)21(28-9-8-17(25)18(29)12-28)27-22(16(14)11-24)31-19(20(26)30)13-6-4-3-5-7-13/h3-7,17-19,29H,2,8-9,12,25H2,1H3,(H2,26,30)/t17-,18+,19-/m1/s1. The van der Waals surface area contributed by atoms with E-state index in [0.29, 0.717) is 46.9 Å². The SMILES string of the molecule is CCc1c(C#N)c(S[C@@H](C(N)=O)c2ccccc2)nc(N2CC[C@@H](N)[C@@H](O)C2)c1C#N. The zero-order valence-corrected chi connectivity index (χ0v) is 18.0. The first-order chi connectivity index (χ1) is 14.9. The quantitative estimate of drug-likeness (QED) is 0.577. The normalized spacial score (nSPS) is 19.3. The van der Waals surface area contributed by atoms with Gasteiger partial charge < -0.3 is 21.5 Å². The van der Waals surface area contributed by atoms with Gasteiger partial charge in [-0.25, -0.2) is 4.98 Å². The summed E-state index contributed by atoms with van der Waals surface area (Å²) in [6.07, 6.45) is 0.240. The molecule has 2 aromatic rings. The molecule has 1 fully saturated rings. The van der Waals surface area contributed by atoms with E-state index in [0.717, 1.165) is 11.8 Å². The van der Waals surface area contributed by atoms with Crippen LogP contribution < -0.4 is 16.4 Å². The molecule has 1 aromatic carbocycles. The maximum Gasteiger partial charge on any atom is 0.235 e. The summed E-state index contributed by atoms with van der Waals surface area (Å²) in [6.45, 7) is 2.62. The first-order valence-corrected chi connectivity index (χ1v) is 10.9. The lowest BCUT2D eigenvalue weighted by atomic mass is 9.99. The fourth-order valence-corrected chi connectivity index (χ4v) is 4.73. The number of nitrogens with two attached hydrogens (primary N) is 2. The van der Waals surface area contributed by atoms with Gasteiger partial charge in [-0.1, -0.05) is 49.0 Å². The minimum Gasteiger partial charge on any atom is -0.390 e. The lowest BCUT2D eigenvalue weighted by molar-refractivity contribution is -0.117. The van der Waals surface area contributed by atoms with Crippen LogP contribution in [0.4, 0.5) is 5.82 Å². The fourth-order valence-electron chi connectivity index (χ4n) is 3.67. The van der Waals surface area contributed by atoms with Crippen molar-refractivity contribution in [2.24, 2.45) is 11.5 Å². The predicted molar refractivity (Wildman–Crippen MR) is 118 cm³/mol. The number of anilines is 1. The molecule has 9 heteroatoms. The number of hydrogen-bond acceptors (Lipinski definition) is 8. The van der Waals surface area contributed by atoms with Crippen LogP contribution in [0.1, 0.15) is 40.8 Å². The van der Waals surface area contributed by atoms with Crippen LogP contribution in [-0.2, 0) is 11.2 Å². The van der Waals surface area contributed by atoms with Gasteiger partial charge in [0.2, 0.25) is 5.91 Å². The van der Waals surface area contributed by atoms with Crippen molar-refractivity contribution in [1.82, 2.24) is 4.98 Å². The maximum atomic E-state index is 12.2. The van der Waals surface area contributed by atoms with Crippen molar-refractivity contribution in [3.05, 3.63) is 52.6 Å². The van der Waals surface area contributed by atoms with E-state index in [1.54, 1.807) is 12.1 Å². The van der Waals surface area contributed by atoms with Gasteiger partial charge in [0.25, 0.3) is 0 Å². The van der Waals surface area contributed by atoms with Crippen LogP contribution in [0.5, 0.6) is 0 Å². The number of carbonyl (C=O) groups is 1. The van der Waals surface area contributed by atoms with Gasteiger partial charge in [0, 0.05) is 19.1 Å². The van der Waals surface area contributed by atoms with E-state index in [1.807, 2.05) is 30.0 Å². The lowest BCUT2D eigenvalue weighted by Gasteiger charge is -2.35. The third kappa shape index (κ3) is 4.64. The number of pyridine rings is 1. The molecule has 0 aliphatic carbocycles. The van der Waals surface area contributed by atoms with Crippen LogP contribution in [-0.4, -0.2) is 41.2 Å². The van der Waals surface area contributed by atoms with E-state index in [2.05, 4.69) is 17.1 Å². The molecule has 0 radical (unpaired) electrons. The molecule has 5 N–H and O–H groups in total. The summed E-state index contributed by atoms with van der Waals surface area (Å²) in [5.74, 6) is -0.159. The van der Waals surface area contributed by atoms with Gasteiger partial charge in [0.1, 0.15) is 28.2 Å². The minimum absolute atomic E-state index is 0.236. The average Bonchev–Trinajstić information content (AvgIpc) is 2.78. The van der Waals surface area contributed by atoms with Crippen molar-refractivity contribution >= 4 is 23.5 Å². The molecular weight excluding hydrogens is 412 g/mol. The third-order valence-electron chi connectivity index (χ3n) is 5.35. The summed E-state index contributed by atoms with van der Waals surface area (Å²) in [7, 11) is 0. The van der Waals surface area contributed by atoms with E-state index < -0.39 is 17.3 Å². The van der Waals surface area contributed by atoms with Gasteiger partial charge in [0.15, 0.2) is 0 Å². The second kappa shape index (κ2) is 9.80. The van der Waals surface area contributed by atoms with Gasteiger partial charge in [-0.05, 0) is 24.0 Å². The van der Waals surface area contributed by atoms with E-state index in [1.165, 1.54) is 0 Å². The Morgan fingerprint density at radius 1 is 1.32 bits per heavy atom. The number of hydrogen-bond donors (Lipinski definition) is 3. The number of aliphatic hydroxyl groups is 1. The highest BCUT2D eigenvalue weighted by Gasteiger charge is 2.31. The summed E-state index contributed by atoms with van der Waals surface area (Å²) >= 11 is 1.10. The van der Waals surface area contributed by atoms with Crippen LogP contribution >= 0.6 is 11.8 Å². The van der Waals surface area contributed by atoms with E-state index in [9.17, 15) is 20.4 Å². The van der Waals surface area contributed by atoms with Crippen molar-refractivity contribution < 1.29 is 9.90 Å². The van der Waals surface area contributed by atoms with Crippen molar-refractivity contribution in [2.75, 3.05) is 18.0 Å². The number of benzene rings is 1. The smallest absolute Gasteiger partial charge is 0.235 e. The average molecular weight is 437 g/mol. The zero-order chi connectivity index (χ0) is 22.5. The summed E-state index contributed by atoms with van der Waals surface area (Å²) in [6, 6.07) is 13.0. The number of β-amino-alcohol motifs (C(OH)–C–C–N with tert-alkyl or cyclic N) is 1. The first-order valence-electron chi connectivity index (χ1n) is 9.97. The van der Waals surface area contributed by atoms with Crippen molar-refractivity contribution in [2.45, 2.75) is 42.2 Å². The van der Waals surface area contributed by atoms with Crippen LogP contribution in [0.15, 0.2) is 35.4 Å². The molecule has 0 unspecified atom stereocenters. The number of rotatable bonds is 6. The number of aromatic nitrogens is 1. The molecular formula is C22H24N6O2S. The molecule has 2 heterocycles. The Morgan fingerprint density at radius 2 is 2.00 bits per heavy atom. The molecule has 1 aliphatic heterocycles. The number of primary amides is 1. The van der Waals surface area contributed by atoms with Gasteiger partial charge in [0.05, 0.1) is 17.2 Å². The largest absolute Gasteiger partial charge is 0.390 e. The second-order valence-electron chi connectivity index (χ2n) is 7.32. The molecule has 8 nitrogen and oxygen atoms in total. The maximum absolute atomic E-state index is 12.2. The molecule has 1 amide bonds. The zero-order valence-electron chi connectivity index (χ0n) is 17.2. The summed E-state index contributed by atoms with van der Waals surface area (Å²) in [5, 5.41) is 29.5. The Hall–Kier alpha value is -3.11. The topological polar surface area (TPSA) is 153 Å². The molecule has 0 spiro atoms.